The van der Waals surface area contributed by atoms with Gasteiger partial charge in [-0.3, -0.25) is 0 Å². The van der Waals surface area contributed by atoms with E-state index in [2.05, 4.69) is 24.4 Å². The van der Waals surface area contributed by atoms with Gasteiger partial charge in [-0.05, 0) is 37.4 Å². The number of hydrogen-bond donors (Lipinski definition) is 1. The Balaban J connectivity index is 2.20. The van der Waals surface area contributed by atoms with Crippen LogP contribution in [0.15, 0.2) is 24.3 Å². The third-order valence-electron chi connectivity index (χ3n) is 4.56. The average Bonchev–Trinajstić information content (AvgIpc) is 2.97. The van der Waals surface area contributed by atoms with Gasteiger partial charge in [0.05, 0.1) is 12.7 Å². The summed E-state index contributed by atoms with van der Waals surface area (Å²) in [4.78, 5) is 0. The maximum absolute atomic E-state index is 5.96. The molecule has 1 unspecified atom stereocenters. The van der Waals surface area contributed by atoms with Gasteiger partial charge in [0, 0.05) is 13.2 Å². The first-order valence-electron chi connectivity index (χ1n) is 7.66. The van der Waals surface area contributed by atoms with Crippen molar-refractivity contribution >= 4 is 0 Å². The van der Waals surface area contributed by atoms with Crippen LogP contribution in [0.2, 0.25) is 0 Å². The van der Waals surface area contributed by atoms with Crippen molar-refractivity contribution in [3.63, 3.8) is 0 Å². The van der Waals surface area contributed by atoms with Crippen LogP contribution in [0.4, 0.5) is 0 Å². The fourth-order valence-electron chi connectivity index (χ4n) is 3.45. The van der Waals surface area contributed by atoms with Crippen LogP contribution in [0.1, 0.15) is 38.2 Å². The monoisotopic (exact) mass is 277 g/mol. The molecule has 1 aliphatic rings. The minimum atomic E-state index is -0.0170. The van der Waals surface area contributed by atoms with E-state index in [1.165, 1.54) is 18.4 Å². The number of rotatable bonds is 7. The predicted octanol–water partition coefficient (Wildman–Crippen LogP) is 3.18. The number of benzene rings is 1. The highest BCUT2D eigenvalue weighted by Gasteiger charge is 2.41. The van der Waals surface area contributed by atoms with E-state index in [1.54, 1.807) is 7.11 Å². The largest absolute Gasteiger partial charge is 0.496 e. The number of ether oxygens (including phenoxy) is 2. The highest BCUT2D eigenvalue weighted by Crippen LogP contribution is 2.37. The van der Waals surface area contributed by atoms with Crippen LogP contribution in [0.3, 0.4) is 0 Å². The SMILES string of the molecule is CCNC(Cc1ccccc1OC)C1(OC)CCCC1. The van der Waals surface area contributed by atoms with Gasteiger partial charge in [-0.2, -0.15) is 0 Å². The van der Waals surface area contributed by atoms with Crippen molar-refractivity contribution in [3.8, 4) is 5.75 Å². The zero-order valence-electron chi connectivity index (χ0n) is 12.9. The molecule has 1 fully saturated rings. The second-order valence-corrected chi connectivity index (χ2v) is 5.60. The molecular formula is C17H27NO2. The van der Waals surface area contributed by atoms with Crippen LogP contribution >= 0.6 is 0 Å². The first-order valence-corrected chi connectivity index (χ1v) is 7.66. The van der Waals surface area contributed by atoms with E-state index < -0.39 is 0 Å². The second kappa shape index (κ2) is 7.09. The van der Waals surface area contributed by atoms with Gasteiger partial charge in [0.1, 0.15) is 5.75 Å². The van der Waals surface area contributed by atoms with E-state index >= 15 is 0 Å². The van der Waals surface area contributed by atoms with Crippen LogP contribution in [0, 0.1) is 0 Å². The van der Waals surface area contributed by atoms with Gasteiger partial charge < -0.3 is 14.8 Å². The normalized spacial score (nSPS) is 18.9. The minimum absolute atomic E-state index is 0.0170. The van der Waals surface area contributed by atoms with E-state index in [1.807, 2.05) is 19.2 Å². The Hall–Kier alpha value is -1.06. The summed E-state index contributed by atoms with van der Waals surface area (Å²) in [5.74, 6) is 0.972. The summed E-state index contributed by atoms with van der Waals surface area (Å²) in [5.41, 5.74) is 1.24. The van der Waals surface area contributed by atoms with E-state index in [9.17, 15) is 0 Å². The van der Waals surface area contributed by atoms with Crippen LogP contribution in [-0.2, 0) is 11.2 Å². The van der Waals surface area contributed by atoms with Crippen molar-refractivity contribution in [2.75, 3.05) is 20.8 Å². The second-order valence-electron chi connectivity index (χ2n) is 5.60. The third kappa shape index (κ3) is 3.15. The molecule has 1 N–H and O–H groups in total. The van der Waals surface area contributed by atoms with Gasteiger partial charge in [-0.25, -0.2) is 0 Å². The van der Waals surface area contributed by atoms with E-state index in [0.717, 1.165) is 31.6 Å². The van der Waals surface area contributed by atoms with Crippen molar-refractivity contribution in [1.29, 1.82) is 0 Å². The Morgan fingerprint density at radius 1 is 1.20 bits per heavy atom. The molecule has 112 valence electrons. The molecule has 0 bridgehead atoms. The van der Waals surface area contributed by atoms with Crippen LogP contribution in [0.25, 0.3) is 0 Å². The summed E-state index contributed by atoms with van der Waals surface area (Å²) in [6, 6.07) is 8.63. The number of likely N-dealkylation sites (N-methyl/N-ethyl adjacent to an activating group) is 1. The zero-order chi connectivity index (χ0) is 14.4. The van der Waals surface area contributed by atoms with Gasteiger partial charge in [0.15, 0.2) is 0 Å². The predicted molar refractivity (Wildman–Crippen MR) is 82.4 cm³/mol. The van der Waals surface area contributed by atoms with Gasteiger partial charge in [-0.15, -0.1) is 0 Å². The fraction of sp³-hybridized carbons (Fsp3) is 0.647. The molecule has 1 aromatic rings. The first-order chi connectivity index (χ1) is 9.75. The van der Waals surface area contributed by atoms with Crippen molar-refractivity contribution in [3.05, 3.63) is 29.8 Å². The minimum Gasteiger partial charge on any atom is -0.496 e. The Morgan fingerprint density at radius 3 is 2.50 bits per heavy atom. The lowest BCUT2D eigenvalue weighted by Gasteiger charge is -2.37. The Morgan fingerprint density at radius 2 is 1.90 bits per heavy atom. The highest BCUT2D eigenvalue weighted by molar-refractivity contribution is 5.34. The molecule has 3 heteroatoms. The lowest BCUT2D eigenvalue weighted by atomic mass is 9.87. The van der Waals surface area contributed by atoms with Crippen molar-refractivity contribution < 1.29 is 9.47 Å². The topological polar surface area (TPSA) is 30.5 Å². The maximum atomic E-state index is 5.96. The van der Waals surface area contributed by atoms with Crippen LogP contribution in [-0.4, -0.2) is 32.4 Å². The van der Waals surface area contributed by atoms with E-state index in [4.69, 9.17) is 9.47 Å². The van der Waals surface area contributed by atoms with E-state index in [-0.39, 0.29) is 5.60 Å². The van der Waals surface area contributed by atoms with Gasteiger partial charge >= 0.3 is 0 Å². The van der Waals surface area contributed by atoms with Crippen LogP contribution < -0.4 is 10.1 Å². The summed E-state index contributed by atoms with van der Waals surface area (Å²) < 4.78 is 11.4. The number of methoxy groups -OCH3 is 2. The van der Waals surface area contributed by atoms with E-state index in [0.29, 0.717) is 6.04 Å². The molecule has 2 rings (SSSR count). The summed E-state index contributed by atoms with van der Waals surface area (Å²) in [7, 11) is 3.60. The molecule has 0 amide bonds. The molecule has 0 aliphatic heterocycles. The lowest BCUT2D eigenvalue weighted by molar-refractivity contribution is -0.0352. The molecule has 0 spiro atoms. The van der Waals surface area contributed by atoms with Crippen LogP contribution in [0.5, 0.6) is 5.75 Å². The van der Waals surface area contributed by atoms with Crippen molar-refractivity contribution in [1.82, 2.24) is 5.32 Å². The fourth-order valence-corrected chi connectivity index (χ4v) is 3.45. The summed E-state index contributed by atoms with van der Waals surface area (Å²) >= 11 is 0. The third-order valence-corrected chi connectivity index (χ3v) is 4.56. The highest BCUT2D eigenvalue weighted by atomic mass is 16.5. The van der Waals surface area contributed by atoms with Gasteiger partial charge in [-0.1, -0.05) is 38.0 Å². The van der Waals surface area contributed by atoms with Gasteiger partial charge in [0.2, 0.25) is 0 Å². The quantitative estimate of drug-likeness (QED) is 0.830. The Kier molecular flexibility index (Phi) is 5.44. The lowest BCUT2D eigenvalue weighted by Crippen LogP contribution is -2.51. The maximum Gasteiger partial charge on any atom is 0.122 e. The van der Waals surface area contributed by atoms with Crippen molar-refractivity contribution in [2.45, 2.75) is 50.7 Å². The molecule has 0 heterocycles. The van der Waals surface area contributed by atoms with Gasteiger partial charge in [0.25, 0.3) is 0 Å². The summed E-state index contributed by atoms with van der Waals surface area (Å²) in [6.07, 6.45) is 5.78. The standard InChI is InChI=1S/C17H27NO2/c1-4-18-16(17(20-3)11-7-8-12-17)13-14-9-5-6-10-15(14)19-2/h5-6,9-10,16,18H,4,7-8,11-13H2,1-3H3. The molecule has 0 saturated heterocycles. The zero-order valence-corrected chi connectivity index (χ0v) is 12.9. The molecule has 1 atom stereocenters. The first kappa shape index (κ1) is 15.3. The average molecular weight is 277 g/mol. The molecular weight excluding hydrogens is 250 g/mol. The smallest absolute Gasteiger partial charge is 0.122 e. The molecule has 3 nitrogen and oxygen atoms in total. The molecule has 20 heavy (non-hydrogen) atoms. The summed E-state index contributed by atoms with van der Waals surface area (Å²) in [5, 5.41) is 3.64. The molecule has 1 aliphatic carbocycles. The molecule has 0 radical (unpaired) electrons. The molecule has 0 aromatic heterocycles. The Labute approximate surface area is 122 Å². The Bertz CT molecular complexity index is 413. The number of para-hydroxylation sites is 1. The van der Waals surface area contributed by atoms with Crippen molar-refractivity contribution in [2.24, 2.45) is 0 Å². The molecule has 1 saturated carbocycles. The molecule has 1 aromatic carbocycles. The summed E-state index contributed by atoms with van der Waals surface area (Å²) in [6.45, 7) is 3.12. The number of hydrogen-bond acceptors (Lipinski definition) is 3. The number of nitrogens with one attached hydrogen (secondary N) is 1.